The summed E-state index contributed by atoms with van der Waals surface area (Å²) in [5.74, 6) is 0.801. The summed E-state index contributed by atoms with van der Waals surface area (Å²) in [6.45, 7) is 13.3. The Morgan fingerprint density at radius 3 is 2.35 bits per heavy atom. The fourth-order valence-electron chi connectivity index (χ4n) is 2.78. The summed E-state index contributed by atoms with van der Waals surface area (Å²) in [6.07, 6.45) is 5.96. The molecule has 1 heterocycles. The van der Waals surface area contributed by atoms with Gasteiger partial charge in [-0.15, -0.1) is 0 Å². The van der Waals surface area contributed by atoms with E-state index in [4.69, 9.17) is 5.10 Å². The van der Waals surface area contributed by atoms with Crippen molar-refractivity contribution in [2.75, 3.05) is 6.54 Å². The number of nitrogens with one attached hydrogen (secondary N) is 1. The van der Waals surface area contributed by atoms with Crippen LogP contribution in [0.1, 0.15) is 77.7 Å². The molecule has 1 aromatic heterocycles. The molecule has 1 rings (SSSR count). The van der Waals surface area contributed by atoms with Gasteiger partial charge in [0.15, 0.2) is 0 Å². The normalized spacial score (nSPS) is 13.1. The molecular weight excluding hydrogens is 246 g/mol. The first-order valence-electron chi connectivity index (χ1n) is 8.49. The maximum Gasteiger partial charge on any atom is 0.0625 e. The molecule has 0 radical (unpaired) electrons. The minimum Gasteiger partial charge on any atom is -0.309 e. The molecule has 0 aliphatic heterocycles. The van der Waals surface area contributed by atoms with Crippen LogP contribution in [0.15, 0.2) is 6.07 Å². The van der Waals surface area contributed by atoms with Gasteiger partial charge >= 0.3 is 0 Å². The molecule has 0 amide bonds. The quantitative estimate of drug-likeness (QED) is 0.691. The molecule has 1 N–H and O–H groups in total. The van der Waals surface area contributed by atoms with Crippen molar-refractivity contribution in [2.45, 2.75) is 79.3 Å². The third kappa shape index (κ3) is 4.62. The van der Waals surface area contributed by atoms with Crippen molar-refractivity contribution < 1.29 is 0 Å². The molecule has 3 heteroatoms. The van der Waals surface area contributed by atoms with Crippen molar-refractivity contribution in [1.82, 2.24) is 15.1 Å². The molecule has 1 atom stereocenters. The van der Waals surface area contributed by atoms with Crippen LogP contribution in [-0.4, -0.2) is 16.3 Å². The maximum absolute atomic E-state index is 4.71. The summed E-state index contributed by atoms with van der Waals surface area (Å²) in [5.41, 5.74) is 2.60. The van der Waals surface area contributed by atoms with Crippen molar-refractivity contribution in [3.05, 3.63) is 17.5 Å². The van der Waals surface area contributed by atoms with Crippen LogP contribution in [0.3, 0.4) is 0 Å². The average molecular weight is 279 g/mol. The van der Waals surface area contributed by atoms with E-state index >= 15 is 0 Å². The Labute approximate surface area is 125 Å². The fraction of sp³-hybridized carbons (Fsp3) is 0.824. The molecule has 116 valence electrons. The Morgan fingerprint density at radius 1 is 1.15 bits per heavy atom. The van der Waals surface area contributed by atoms with Gasteiger partial charge in [-0.1, -0.05) is 40.5 Å². The number of aryl methyl sites for hydroxylation is 2. The third-order valence-corrected chi connectivity index (χ3v) is 4.24. The second-order valence-corrected chi connectivity index (χ2v) is 5.65. The maximum atomic E-state index is 4.71. The smallest absolute Gasteiger partial charge is 0.0625 e. The topological polar surface area (TPSA) is 29.9 Å². The first-order chi connectivity index (χ1) is 9.69. The van der Waals surface area contributed by atoms with Gasteiger partial charge in [0, 0.05) is 12.6 Å². The molecule has 0 saturated heterocycles. The molecule has 20 heavy (non-hydrogen) atoms. The number of rotatable bonds is 10. The van der Waals surface area contributed by atoms with Gasteiger partial charge in [-0.05, 0) is 44.7 Å². The van der Waals surface area contributed by atoms with E-state index in [1.54, 1.807) is 0 Å². The predicted molar refractivity (Wildman–Crippen MR) is 87.0 cm³/mol. The molecule has 3 nitrogen and oxygen atoms in total. The first kappa shape index (κ1) is 17.2. The monoisotopic (exact) mass is 279 g/mol. The molecule has 0 aliphatic carbocycles. The Kier molecular flexibility index (Phi) is 7.90. The van der Waals surface area contributed by atoms with Gasteiger partial charge in [-0.3, -0.25) is 4.68 Å². The van der Waals surface area contributed by atoms with Gasteiger partial charge in [0.05, 0.1) is 11.4 Å². The average Bonchev–Trinajstić information content (AvgIpc) is 2.91. The second-order valence-electron chi connectivity index (χ2n) is 5.65. The van der Waals surface area contributed by atoms with Crippen molar-refractivity contribution in [2.24, 2.45) is 5.92 Å². The van der Waals surface area contributed by atoms with Crippen LogP contribution in [0.4, 0.5) is 0 Å². The Morgan fingerprint density at radius 2 is 1.85 bits per heavy atom. The number of nitrogens with zero attached hydrogens (tertiary/aromatic N) is 2. The van der Waals surface area contributed by atoms with E-state index < -0.39 is 0 Å². The summed E-state index contributed by atoms with van der Waals surface area (Å²) in [7, 11) is 0. The highest BCUT2D eigenvalue weighted by molar-refractivity contribution is 5.15. The molecule has 1 unspecified atom stereocenters. The van der Waals surface area contributed by atoms with Crippen LogP contribution < -0.4 is 5.32 Å². The lowest BCUT2D eigenvalue weighted by molar-refractivity contribution is 0.356. The fourth-order valence-corrected chi connectivity index (χ4v) is 2.78. The van der Waals surface area contributed by atoms with Gasteiger partial charge in [0.2, 0.25) is 0 Å². The van der Waals surface area contributed by atoms with E-state index in [1.807, 2.05) is 0 Å². The summed E-state index contributed by atoms with van der Waals surface area (Å²) >= 11 is 0. The van der Waals surface area contributed by atoms with E-state index in [0.717, 1.165) is 25.4 Å². The Balaban J connectivity index is 2.93. The predicted octanol–water partition coefficient (Wildman–Crippen LogP) is 4.33. The number of hydrogen-bond acceptors (Lipinski definition) is 2. The lowest BCUT2D eigenvalue weighted by atomic mass is 9.93. The number of aromatic nitrogens is 2. The SMILES string of the molecule is CCCNC(CC(CC)CC)c1cc(CC)nn1CC. The molecule has 0 bridgehead atoms. The largest absolute Gasteiger partial charge is 0.309 e. The first-order valence-corrected chi connectivity index (χ1v) is 8.49. The highest BCUT2D eigenvalue weighted by Crippen LogP contribution is 2.26. The zero-order valence-corrected chi connectivity index (χ0v) is 14.1. The Hall–Kier alpha value is -0.830. The molecule has 0 spiro atoms. The van der Waals surface area contributed by atoms with E-state index in [-0.39, 0.29) is 0 Å². The highest BCUT2D eigenvalue weighted by Gasteiger charge is 2.20. The van der Waals surface area contributed by atoms with Gasteiger partial charge in [-0.2, -0.15) is 5.10 Å². The third-order valence-electron chi connectivity index (χ3n) is 4.24. The summed E-state index contributed by atoms with van der Waals surface area (Å²) < 4.78 is 2.19. The molecule has 0 saturated carbocycles. The molecule has 1 aromatic rings. The molecule has 0 aromatic carbocycles. The zero-order valence-electron chi connectivity index (χ0n) is 14.1. The van der Waals surface area contributed by atoms with Crippen LogP contribution in [0, 0.1) is 5.92 Å². The van der Waals surface area contributed by atoms with Crippen LogP contribution in [-0.2, 0) is 13.0 Å². The van der Waals surface area contributed by atoms with E-state index in [9.17, 15) is 0 Å². The van der Waals surface area contributed by atoms with E-state index in [2.05, 4.69) is 50.7 Å². The molecule has 0 fully saturated rings. The second kappa shape index (κ2) is 9.17. The van der Waals surface area contributed by atoms with Gasteiger partial charge in [0.1, 0.15) is 0 Å². The van der Waals surface area contributed by atoms with Crippen LogP contribution in [0.5, 0.6) is 0 Å². The highest BCUT2D eigenvalue weighted by atomic mass is 15.3. The lowest BCUT2D eigenvalue weighted by Gasteiger charge is -2.24. The number of hydrogen-bond donors (Lipinski definition) is 1. The van der Waals surface area contributed by atoms with E-state index in [0.29, 0.717) is 6.04 Å². The zero-order chi connectivity index (χ0) is 15.0. The molecular formula is C17H33N3. The van der Waals surface area contributed by atoms with Gasteiger partial charge in [-0.25, -0.2) is 0 Å². The van der Waals surface area contributed by atoms with Crippen molar-refractivity contribution in [3.8, 4) is 0 Å². The van der Waals surface area contributed by atoms with E-state index in [1.165, 1.54) is 37.1 Å². The van der Waals surface area contributed by atoms with Crippen LogP contribution in [0.2, 0.25) is 0 Å². The summed E-state index contributed by atoms with van der Waals surface area (Å²) in [4.78, 5) is 0. The minimum absolute atomic E-state index is 0.451. The summed E-state index contributed by atoms with van der Waals surface area (Å²) in [6, 6.07) is 2.76. The van der Waals surface area contributed by atoms with Crippen molar-refractivity contribution >= 4 is 0 Å². The lowest BCUT2D eigenvalue weighted by Crippen LogP contribution is -2.26. The minimum atomic E-state index is 0.451. The Bertz CT molecular complexity index is 366. The van der Waals surface area contributed by atoms with Gasteiger partial charge < -0.3 is 5.32 Å². The van der Waals surface area contributed by atoms with Crippen LogP contribution >= 0.6 is 0 Å². The standard InChI is InChI=1S/C17H33N3/c1-6-11-18-16(12-14(7-2)8-3)17-13-15(9-4)19-20(17)10-5/h13-14,16,18H,6-12H2,1-5H3. The molecule has 0 aliphatic rings. The van der Waals surface area contributed by atoms with Crippen molar-refractivity contribution in [3.63, 3.8) is 0 Å². The summed E-state index contributed by atoms with van der Waals surface area (Å²) in [5, 5.41) is 8.45. The van der Waals surface area contributed by atoms with Crippen molar-refractivity contribution in [1.29, 1.82) is 0 Å². The van der Waals surface area contributed by atoms with Crippen LogP contribution in [0.25, 0.3) is 0 Å². The van der Waals surface area contributed by atoms with Gasteiger partial charge in [0.25, 0.3) is 0 Å².